The Labute approximate surface area is 270 Å². The summed E-state index contributed by atoms with van der Waals surface area (Å²) in [4.78, 5) is 13.8. The number of aromatic nitrogens is 2. The van der Waals surface area contributed by atoms with Gasteiger partial charge in [-0.2, -0.15) is 9.97 Å². The van der Waals surface area contributed by atoms with Crippen molar-refractivity contribution in [2.45, 2.75) is 50.8 Å². The molecule has 47 heavy (non-hydrogen) atoms. The molecule has 4 aliphatic rings. The van der Waals surface area contributed by atoms with Crippen LogP contribution in [-0.4, -0.2) is 84.1 Å². The molecule has 8 nitrogen and oxygen atoms in total. The number of halogens is 3. The zero-order valence-corrected chi connectivity index (χ0v) is 26.2. The van der Waals surface area contributed by atoms with Crippen LogP contribution in [0.3, 0.4) is 0 Å². The van der Waals surface area contributed by atoms with Crippen LogP contribution in [0.15, 0.2) is 30.3 Å². The van der Waals surface area contributed by atoms with E-state index in [1.807, 2.05) is 0 Å². The minimum atomic E-state index is -0.964. The van der Waals surface area contributed by atoms with E-state index in [0.717, 1.165) is 45.3 Å². The van der Waals surface area contributed by atoms with Crippen molar-refractivity contribution in [2.24, 2.45) is 5.41 Å². The fourth-order valence-electron chi connectivity index (χ4n) is 7.70. The van der Waals surface area contributed by atoms with Crippen molar-refractivity contribution in [1.29, 1.82) is 0 Å². The number of hydrogen-bond donors (Lipinski definition) is 2. The van der Waals surface area contributed by atoms with E-state index >= 15 is 8.78 Å². The van der Waals surface area contributed by atoms with Gasteiger partial charge in [0, 0.05) is 66.6 Å². The number of aromatic hydroxyl groups is 1. The Bertz CT molecular complexity index is 1930. The van der Waals surface area contributed by atoms with Gasteiger partial charge in [0.1, 0.15) is 28.7 Å². The van der Waals surface area contributed by atoms with Gasteiger partial charge >= 0.3 is 6.01 Å². The van der Waals surface area contributed by atoms with Gasteiger partial charge in [-0.15, -0.1) is 6.42 Å². The summed E-state index contributed by atoms with van der Waals surface area (Å²) < 4.78 is 60.0. The van der Waals surface area contributed by atoms with Crippen LogP contribution in [-0.2, 0) is 4.74 Å². The topological polar surface area (TPSA) is 83.0 Å². The third kappa shape index (κ3) is 5.52. The number of phenolic OH excluding ortho intramolecular Hbond substituents is 1. The molecular formula is C36H36F3N5O3. The van der Waals surface area contributed by atoms with E-state index in [0.29, 0.717) is 37.5 Å². The Balaban J connectivity index is 1.23. The first kappa shape index (κ1) is 30.2. The number of fused-ring (bicyclic) bond motifs is 4. The van der Waals surface area contributed by atoms with Gasteiger partial charge in [-0.25, -0.2) is 13.2 Å². The highest BCUT2D eigenvalue weighted by Gasteiger charge is 2.45. The average molecular weight is 644 g/mol. The number of phenols is 1. The maximum atomic E-state index is 16.9. The number of terminal acetylenes is 1. The molecule has 3 aromatic carbocycles. The van der Waals surface area contributed by atoms with Crippen LogP contribution >= 0.6 is 0 Å². The summed E-state index contributed by atoms with van der Waals surface area (Å²) in [6.45, 7) is 7.00. The van der Waals surface area contributed by atoms with Crippen molar-refractivity contribution in [3.05, 3.63) is 53.3 Å². The molecule has 0 radical (unpaired) electrons. The minimum Gasteiger partial charge on any atom is -0.508 e. The van der Waals surface area contributed by atoms with Crippen LogP contribution in [0.4, 0.5) is 19.0 Å². The van der Waals surface area contributed by atoms with Gasteiger partial charge in [-0.05, 0) is 62.3 Å². The molecule has 2 bridgehead atoms. The quantitative estimate of drug-likeness (QED) is 0.260. The first-order valence-corrected chi connectivity index (χ1v) is 16.3. The molecule has 3 atom stereocenters. The van der Waals surface area contributed by atoms with Crippen molar-refractivity contribution in [3.8, 4) is 35.2 Å². The van der Waals surface area contributed by atoms with Crippen molar-refractivity contribution in [2.75, 3.05) is 50.8 Å². The van der Waals surface area contributed by atoms with Crippen LogP contribution in [0.5, 0.6) is 11.8 Å². The van der Waals surface area contributed by atoms with E-state index in [9.17, 15) is 9.50 Å². The fourth-order valence-corrected chi connectivity index (χ4v) is 7.70. The normalized spacial score (nSPS) is 23.7. The third-order valence-electron chi connectivity index (χ3n) is 10.2. The largest absolute Gasteiger partial charge is 0.508 e. The maximum absolute atomic E-state index is 16.9. The summed E-state index contributed by atoms with van der Waals surface area (Å²) in [5.41, 5.74) is -0.842. The Kier molecular flexibility index (Phi) is 7.43. The number of morpholine rings is 1. The molecule has 8 rings (SSSR count). The number of hydrogen-bond acceptors (Lipinski definition) is 8. The number of ether oxygens (including phenoxy) is 2. The number of nitrogens with zero attached hydrogens (tertiary/aromatic N) is 4. The van der Waals surface area contributed by atoms with Gasteiger partial charge in [0.2, 0.25) is 0 Å². The van der Waals surface area contributed by atoms with Gasteiger partial charge in [0.25, 0.3) is 0 Å². The van der Waals surface area contributed by atoms with Crippen LogP contribution < -0.4 is 15.0 Å². The molecule has 0 spiro atoms. The number of rotatable bonds is 7. The second-order valence-corrected chi connectivity index (χ2v) is 13.7. The molecule has 11 heteroatoms. The predicted octanol–water partition coefficient (Wildman–Crippen LogP) is 5.37. The third-order valence-corrected chi connectivity index (χ3v) is 10.2. The van der Waals surface area contributed by atoms with Crippen LogP contribution in [0.25, 0.3) is 32.8 Å². The smallest absolute Gasteiger partial charge is 0.319 e. The van der Waals surface area contributed by atoms with E-state index in [-0.39, 0.29) is 62.8 Å². The molecule has 3 saturated heterocycles. The number of nitrogens with one attached hydrogen (secondary N) is 1. The SMILES string of the molecule is C#Cc1c(F)ccc2cc(O)cc(-c3c(F)cc4c(N5CC6CCC(C5)N6)nc(OCC5(CN6CCO[C@@H](C)C6)CC5)nc4c3F)c12. The lowest BCUT2D eigenvalue weighted by atomic mass is 9.92. The lowest BCUT2D eigenvalue weighted by Gasteiger charge is -2.34. The molecule has 4 fully saturated rings. The monoisotopic (exact) mass is 643 g/mol. The summed E-state index contributed by atoms with van der Waals surface area (Å²) in [5, 5.41) is 14.8. The second-order valence-electron chi connectivity index (χ2n) is 13.7. The van der Waals surface area contributed by atoms with Crippen molar-refractivity contribution in [1.82, 2.24) is 20.2 Å². The van der Waals surface area contributed by atoms with Gasteiger partial charge in [0.05, 0.1) is 30.4 Å². The molecule has 3 aliphatic heterocycles. The van der Waals surface area contributed by atoms with Gasteiger partial charge in [-0.1, -0.05) is 12.0 Å². The number of benzene rings is 3. The zero-order chi connectivity index (χ0) is 32.4. The molecule has 1 saturated carbocycles. The highest BCUT2D eigenvalue weighted by Crippen LogP contribution is 2.47. The van der Waals surface area contributed by atoms with Gasteiger partial charge in [0.15, 0.2) is 5.82 Å². The molecule has 2 N–H and O–H groups in total. The van der Waals surface area contributed by atoms with E-state index in [2.05, 4.69) is 32.9 Å². The molecule has 4 aromatic rings. The van der Waals surface area contributed by atoms with Crippen LogP contribution in [0, 0.1) is 35.2 Å². The van der Waals surface area contributed by atoms with Crippen LogP contribution in [0.1, 0.15) is 38.2 Å². The predicted molar refractivity (Wildman–Crippen MR) is 173 cm³/mol. The lowest BCUT2D eigenvalue weighted by Crippen LogP contribution is -2.51. The van der Waals surface area contributed by atoms with Crippen molar-refractivity contribution in [3.63, 3.8) is 0 Å². The van der Waals surface area contributed by atoms with E-state index in [1.54, 1.807) is 0 Å². The van der Waals surface area contributed by atoms with E-state index < -0.39 is 23.0 Å². The molecule has 2 unspecified atom stereocenters. The summed E-state index contributed by atoms with van der Waals surface area (Å²) in [7, 11) is 0. The first-order chi connectivity index (χ1) is 22.7. The van der Waals surface area contributed by atoms with E-state index in [4.69, 9.17) is 20.9 Å². The minimum absolute atomic E-state index is 0.0209. The fraction of sp³-hybridized carbons (Fsp3) is 0.444. The standard InChI is InChI=1S/C36H36F3N5O3/c1-3-25-28(37)7-4-21-12-24(45)13-26(30(21)25)31-29(38)14-27-33(32(31)39)41-35(42-34(27)44-16-22-5-6-23(17-44)40-22)47-19-36(8-9-36)18-43-10-11-46-20(2)15-43/h1,4,7,12-14,20,22-23,40,45H,5-6,8-11,15-19H2,2H3/t20-,22?,23?/m0/s1. The molecule has 4 heterocycles. The van der Waals surface area contributed by atoms with Crippen molar-refractivity contribution >= 4 is 27.5 Å². The van der Waals surface area contributed by atoms with Gasteiger partial charge in [-0.3, -0.25) is 4.90 Å². The summed E-state index contributed by atoms with van der Waals surface area (Å²) in [6, 6.07) is 6.92. The molecular weight excluding hydrogens is 607 g/mol. The second kappa shape index (κ2) is 11.5. The summed E-state index contributed by atoms with van der Waals surface area (Å²) in [5.74, 6) is -0.0815. The molecule has 244 valence electrons. The number of anilines is 1. The molecule has 1 aliphatic carbocycles. The highest BCUT2D eigenvalue weighted by atomic mass is 19.1. The Morgan fingerprint density at radius 3 is 2.60 bits per heavy atom. The highest BCUT2D eigenvalue weighted by molar-refractivity contribution is 6.04. The Morgan fingerprint density at radius 2 is 1.87 bits per heavy atom. The van der Waals surface area contributed by atoms with Crippen LogP contribution in [0.2, 0.25) is 0 Å². The zero-order valence-electron chi connectivity index (χ0n) is 26.2. The molecule has 1 aromatic heterocycles. The Hall–Kier alpha value is -4.11. The Morgan fingerprint density at radius 1 is 1.09 bits per heavy atom. The van der Waals surface area contributed by atoms with Crippen molar-refractivity contribution < 1.29 is 27.8 Å². The summed E-state index contributed by atoms with van der Waals surface area (Å²) in [6.07, 6.45) is 9.87. The number of piperazine rings is 1. The first-order valence-electron chi connectivity index (χ1n) is 16.3. The maximum Gasteiger partial charge on any atom is 0.319 e. The molecule has 0 amide bonds. The average Bonchev–Trinajstić information content (AvgIpc) is 3.73. The lowest BCUT2D eigenvalue weighted by molar-refractivity contribution is -0.0273. The summed E-state index contributed by atoms with van der Waals surface area (Å²) >= 11 is 0. The van der Waals surface area contributed by atoms with E-state index in [1.165, 1.54) is 30.3 Å². The van der Waals surface area contributed by atoms with Gasteiger partial charge < -0.3 is 24.8 Å².